The summed E-state index contributed by atoms with van der Waals surface area (Å²) in [6, 6.07) is 4.69. The summed E-state index contributed by atoms with van der Waals surface area (Å²) in [5.74, 6) is 0.536. The molecule has 0 aromatic heterocycles. The number of hydrogen-bond acceptors (Lipinski definition) is 5. The van der Waals surface area contributed by atoms with Gasteiger partial charge in [-0.25, -0.2) is 18.1 Å². The molecule has 1 aliphatic heterocycles. The van der Waals surface area contributed by atoms with E-state index in [0.717, 1.165) is 0 Å². The van der Waals surface area contributed by atoms with Gasteiger partial charge < -0.3 is 15.2 Å². The van der Waals surface area contributed by atoms with E-state index in [1.54, 1.807) is 26.0 Å². The first-order chi connectivity index (χ1) is 9.27. The Hall–Kier alpha value is -1.80. The molecule has 2 rings (SSSR count). The Bertz CT molecular complexity index is 653. The molecular formula is C12H17N3O4S. The lowest BCUT2D eigenvalue weighted by molar-refractivity contribution is 0.222. The van der Waals surface area contributed by atoms with E-state index in [2.05, 4.69) is 15.0 Å². The molecule has 1 aromatic carbocycles. The van der Waals surface area contributed by atoms with Crippen molar-refractivity contribution in [1.29, 1.82) is 0 Å². The maximum atomic E-state index is 12.2. The molecule has 20 heavy (non-hydrogen) atoms. The molecule has 0 aliphatic carbocycles. The number of aliphatic hydroxyl groups is 1. The van der Waals surface area contributed by atoms with Crippen LogP contribution in [0.2, 0.25) is 0 Å². The first-order valence-corrected chi connectivity index (χ1v) is 7.44. The van der Waals surface area contributed by atoms with Crippen LogP contribution in [0.15, 0.2) is 28.1 Å². The summed E-state index contributed by atoms with van der Waals surface area (Å²) in [6.45, 7) is 3.19. The summed E-state index contributed by atoms with van der Waals surface area (Å²) in [4.78, 5) is 4.25. The lowest BCUT2D eigenvalue weighted by Crippen LogP contribution is -2.43. The Morgan fingerprint density at radius 2 is 2.10 bits per heavy atom. The fourth-order valence-corrected chi connectivity index (χ4v) is 2.82. The summed E-state index contributed by atoms with van der Waals surface area (Å²) in [6.07, 6.45) is 0. The molecule has 0 spiro atoms. The van der Waals surface area contributed by atoms with Crippen molar-refractivity contribution in [3.63, 3.8) is 0 Å². The molecule has 0 radical (unpaired) electrons. The minimum absolute atomic E-state index is 0.0849. The van der Waals surface area contributed by atoms with Crippen LogP contribution in [-0.4, -0.2) is 38.7 Å². The van der Waals surface area contributed by atoms with Crippen molar-refractivity contribution in [3.05, 3.63) is 18.2 Å². The number of nitrogens with zero attached hydrogens (tertiary/aromatic N) is 1. The highest BCUT2D eigenvalue weighted by molar-refractivity contribution is 7.90. The number of benzene rings is 1. The normalized spacial score (nSPS) is 18.9. The van der Waals surface area contributed by atoms with E-state index in [1.807, 2.05) is 0 Å². The van der Waals surface area contributed by atoms with E-state index < -0.39 is 15.6 Å². The summed E-state index contributed by atoms with van der Waals surface area (Å²) < 4.78 is 31.7. The molecular weight excluding hydrogens is 282 g/mol. The van der Waals surface area contributed by atoms with Gasteiger partial charge in [-0.1, -0.05) is 0 Å². The Kier molecular flexibility index (Phi) is 3.61. The number of aliphatic imine (C=N–C) groups is 1. The van der Waals surface area contributed by atoms with Crippen LogP contribution in [0.3, 0.4) is 0 Å². The fraction of sp³-hybridized carbons (Fsp3) is 0.417. The zero-order valence-electron chi connectivity index (χ0n) is 11.5. The van der Waals surface area contributed by atoms with E-state index in [4.69, 9.17) is 4.74 Å². The van der Waals surface area contributed by atoms with E-state index in [0.29, 0.717) is 11.4 Å². The second-order valence-corrected chi connectivity index (χ2v) is 6.67. The van der Waals surface area contributed by atoms with Gasteiger partial charge in [0.25, 0.3) is 10.0 Å². The number of ether oxygens (including phenoxy) is 1. The Morgan fingerprint density at radius 3 is 2.70 bits per heavy atom. The van der Waals surface area contributed by atoms with Crippen LogP contribution in [0.25, 0.3) is 0 Å². The van der Waals surface area contributed by atoms with Crippen LogP contribution in [0.4, 0.5) is 5.69 Å². The number of methoxy groups -OCH3 is 1. The maximum Gasteiger partial charge on any atom is 0.266 e. The van der Waals surface area contributed by atoms with Gasteiger partial charge in [-0.15, -0.1) is 0 Å². The van der Waals surface area contributed by atoms with Gasteiger partial charge in [0.2, 0.25) is 5.96 Å². The van der Waals surface area contributed by atoms with Crippen LogP contribution < -0.4 is 14.8 Å². The minimum Gasteiger partial charge on any atom is -0.497 e. The third kappa shape index (κ3) is 2.86. The van der Waals surface area contributed by atoms with Crippen molar-refractivity contribution in [2.45, 2.75) is 24.3 Å². The number of hydrogen-bond donors (Lipinski definition) is 3. The van der Waals surface area contributed by atoms with Crippen LogP contribution in [0.5, 0.6) is 5.75 Å². The fourth-order valence-electron chi connectivity index (χ4n) is 1.68. The van der Waals surface area contributed by atoms with Gasteiger partial charge in [0.05, 0.1) is 24.9 Å². The molecule has 7 nitrogen and oxygen atoms in total. The third-order valence-electron chi connectivity index (χ3n) is 2.76. The molecule has 1 aromatic rings. The molecule has 0 bridgehead atoms. The van der Waals surface area contributed by atoms with Crippen molar-refractivity contribution < 1.29 is 18.3 Å². The molecule has 3 N–H and O–H groups in total. The molecule has 110 valence electrons. The zero-order valence-corrected chi connectivity index (χ0v) is 12.3. The zero-order chi connectivity index (χ0) is 15.0. The number of aliphatic hydroxyl groups excluding tert-OH is 1. The van der Waals surface area contributed by atoms with Gasteiger partial charge in [0.15, 0.2) is 0 Å². The van der Waals surface area contributed by atoms with Crippen molar-refractivity contribution >= 4 is 21.7 Å². The van der Waals surface area contributed by atoms with Gasteiger partial charge in [-0.05, 0) is 26.0 Å². The Labute approximate surface area is 117 Å². The molecule has 0 unspecified atom stereocenters. The molecule has 0 saturated heterocycles. The molecule has 1 aliphatic rings. The number of fused-ring (bicyclic) bond motifs is 1. The van der Waals surface area contributed by atoms with E-state index in [-0.39, 0.29) is 17.5 Å². The minimum atomic E-state index is -3.71. The molecule has 1 heterocycles. The van der Waals surface area contributed by atoms with Crippen molar-refractivity contribution in [3.8, 4) is 5.75 Å². The van der Waals surface area contributed by atoms with Crippen LogP contribution in [-0.2, 0) is 10.0 Å². The summed E-state index contributed by atoms with van der Waals surface area (Å²) in [7, 11) is -2.24. The highest BCUT2D eigenvalue weighted by Crippen LogP contribution is 2.29. The number of nitrogens with one attached hydrogen (secondary N) is 2. The standard InChI is InChI=1S/C12H17N3O4S/c1-12(2,7-16)14-11-13-9-5-4-8(19-3)6-10(9)20(17,18)15-11/h4-6,16H,7H2,1-3H3,(H2,13,14,15). The second kappa shape index (κ2) is 4.95. The quantitative estimate of drug-likeness (QED) is 0.756. The maximum absolute atomic E-state index is 12.2. The predicted molar refractivity (Wildman–Crippen MR) is 75.5 cm³/mol. The smallest absolute Gasteiger partial charge is 0.266 e. The topological polar surface area (TPSA) is 100 Å². The number of rotatable bonds is 3. The summed E-state index contributed by atoms with van der Waals surface area (Å²) >= 11 is 0. The third-order valence-corrected chi connectivity index (χ3v) is 4.14. The van der Waals surface area contributed by atoms with Gasteiger partial charge >= 0.3 is 0 Å². The first-order valence-electron chi connectivity index (χ1n) is 5.96. The van der Waals surface area contributed by atoms with Crippen molar-refractivity contribution in [1.82, 2.24) is 4.72 Å². The van der Waals surface area contributed by atoms with Crippen molar-refractivity contribution in [2.75, 3.05) is 19.0 Å². The largest absolute Gasteiger partial charge is 0.497 e. The Balaban J connectivity index is 2.46. The van der Waals surface area contributed by atoms with Gasteiger partial charge in [0.1, 0.15) is 10.6 Å². The molecule has 8 heteroatoms. The predicted octanol–water partition coefficient (Wildman–Crippen LogP) is 0.526. The van der Waals surface area contributed by atoms with Crippen molar-refractivity contribution in [2.24, 2.45) is 4.99 Å². The van der Waals surface area contributed by atoms with Crippen LogP contribution in [0, 0.1) is 0 Å². The monoisotopic (exact) mass is 299 g/mol. The molecule has 0 atom stereocenters. The summed E-state index contributed by atoms with van der Waals surface area (Å²) in [5.41, 5.74) is -0.369. The van der Waals surface area contributed by atoms with Crippen LogP contribution in [0.1, 0.15) is 13.8 Å². The van der Waals surface area contributed by atoms with Gasteiger partial charge in [-0.2, -0.15) is 0 Å². The number of anilines is 1. The highest BCUT2D eigenvalue weighted by atomic mass is 32.2. The molecule has 0 saturated carbocycles. The average Bonchev–Trinajstić information content (AvgIpc) is 2.37. The van der Waals surface area contributed by atoms with Gasteiger partial charge in [-0.3, -0.25) is 0 Å². The van der Waals surface area contributed by atoms with Gasteiger partial charge in [0, 0.05) is 6.07 Å². The lowest BCUT2D eigenvalue weighted by atomic mass is 10.1. The number of sulfonamides is 1. The average molecular weight is 299 g/mol. The highest BCUT2D eigenvalue weighted by Gasteiger charge is 2.28. The van der Waals surface area contributed by atoms with E-state index >= 15 is 0 Å². The van der Waals surface area contributed by atoms with E-state index in [9.17, 15) is 13.5 Å². The first kappa shape index (κ1) is 14.6. The molecule has 0 fully saturated rings. The Morgan fingerprint density at radius 1 is 1.40 bits per heavy atom. The van der Waals surface area contributed by atoms with E-state index in [1.165, 1.54) is 13.2 Å². The molecule has 0 amide bonds. The second-order valence-electron chi connectivity index (χ2n) is 5.02. The number of guanidine groups is 1. The SMILES string of the molecule is COc1ccc2c(c1)S(=O)(=O)NC(=NC(C)(C)CO)N2. The van der Waals surface area contributed by atoms with Crippen LogP contribution >= 0.6 is 0 Å². The summed E-state index contributed by atoms with van der Waals surface area (Å²) in [5, 5.41) is 12.1. The lowest BCUT2D eigenvalue weighted by Gasteiger charge is -2.25.